The molecule has 146 valence electrons. The fourth-order valence-corrected chi connectivity index (χ4v) is 3.27. The maximum Gasteiger partial charge on any atom is 0.348 e. The van der Waals surface area contributed by atoms with Gasteiger partial charge < -0.3 is 4.74 Å². The van der Waals surface area contributed by atoms with Crippen molar-refractivity contribution in [2.75, 3.05) is 6.61 Å². The molecule has 30 heavy (non-hydrogen) atoms. The Kier molecular flexibility index (Phi) is 5.40. The monoisotopic (exact) mass is 393 g/mol. The Balaban J connectivity index is 1.88. The zero-order valence-corrected chi connectivity index (χ0v) is 16.4. The average molecular weight is 393 g/mol. The van der Waals surface area contributed by atoms with Crippen LogP contribution >= 0.6 is 0 Å². The number of benzene rings is 3. The number of rotatable bonds is 5. The van der Waals surface area contributed by atoms with E-state index in [-0.39, 0.29) is 12.2 Å². The van der Waals surface area contributed by atoms with E-state index in [0.717, 1.165) is 22.0 Å². The van der Waals surface area contributed by atoms with Crippen LogP contribution in [-0.2, 0) is 9.53 Å². The number of aromatic nitrogens is 2. The van der Waals surface area contributed by atoms with Gasteiger partial charge in [-0.1, -0.05) is 54.6 Å². The molecule has 0 aliphatic carbocycles. The molecule has 0 amide bonds. The number of carbonyl (C=O) groups is 1. The van der Waals surface area contributed by atoms with Crippen LogP contribution in [0.4, 0.5) is 0 Å². The van der Waals surface area contributed by atoms with E-state index < -0.39 is 5.97 Å². The van der Waals surface area contributed by atoms with Gasteiger partial charge in [0.15, 0.2) is 0 Å². The first-order chi connectivity index (χ1) is 14.7. The van der Waals surface area contributed by atoms with Crippen LogP contribution in [-0.4, -0.2) is 22.4 Å². The molecule has 0 radical (unpaired) electrons. The summed E-state index contributed by atoms with van der Waals surface area (Å²) in [6.45, 7) is 1.92. The van der Waals surface area contributed by atoms with Crippen LogP contribution in [0.15, 0.2) is 84.6 Å². The van der Waals surface area contributed by atoms with Crippen molar-refractivity contribution < 1.29 is 9.53 Å². The average Bonchev–Trinajstić information content (AvgIpc) is 3.21. The van der Waals surface area contributed by atoms with Crippen LogP contribution in [0.5, 0.6) is 0 Å². The van der Waals surface area contributed by atoms with Crippen LogP contribution in [0.25, 0.3) is 33.8 Å². The standard InChI is InChI=1S/C25H19N3O2/c1-2-30-25(29)21(16-26)15-22-17-28(23-10-4-3-5-11-23)27-24(22)20-13-12-18-8-6-7-9-19(18)14-20/h3-15,17H,2H2,1H3/b21-15+. The number of fused-ring (bicyclic) bond motifs is 1. The molecule has 5 heteroatoms. The predicted molar refractivity (Wildman–Crippen MR) is 117 cm³/mol. The number of nitrogens with zero attached hydrogens (tertiary/aromatic N) is 3. The van der Waals surface area contributed by atoms with Crippen LogP contribution < -0.4 is 0 Å². The molecule has 4 rings (SSSR count). The van der Waals surface area contributed by atoms with E-state index in [4.69, 9.17) is 9.84 Å². The normalized spacial score (nSPS) is 11.3. The molecule has 0 N–H and O–H groups in total. The fraction of sp³-hybridized carbons (Fsp3) is 0.0800. The molecule has 1 aromatic heterocycles. The molecule has 0 atom stereocenters. The Morgan fingerprint density at radius 1 is 1.07 bits per heavy atom. The zero-order valence-electron chi connectivity index (χ0n) is 16.4. The maximum atomic E-state index is 12.1. The molecule has 0 bridgehead atoms. The second-order valence-corrected chi connectivity index (χ2v) is 6.67. The molecular weight excluding hydrogens is 374 g/mol. The number of nitriles is 1. The summed E-state index contributed by atoms with van der Waals surface area (Å²) in [5.74, 6) is -0.642. The van der Waals surface area contributed by atoms with Gasteiger partial charge in [0.2, 0.25) is 0 Å². The van der Waals surface area contributed by atoms with Gasteiger partial charge >= 0.3 is 5.97 Å². The van der Waals surface area contributed by atoms with E-state index in [9.17, 15) is 10.1 Å². The fourth-order valence-electron chi connectivity index (χ4n) is 3.27. The van der Waals surface area contributed by atoms with Crippen LogP contribution in [0.3, 0.4) is 0 Å². The van der Waals surface area contributed by atoms with Crippen molar-refractivity contribution in [3.63, 3.8) is 0 Å². The Hall–Kier alpha value is -4.17. The lowest BCUT2D eigenvalue weighted by molar-refractivity contribution is -0.137. The molecule has 0 aliphatic heterocycles. The highest BCUT2D eigenvalue weighted by Gasteiger charge is 2.16. The summed E-state index contributed by atoms with van der Waals surface area (Å²) in [6.07, 6.45) is 3.35. The Morgan fingerprint density at radius 3 is 2.53 bits per heavy atom. The van der Waals surface area contributed by atoms with E-state index in [1.807, 2.05) is 72.9 Å². The molecule has 0 saturated heterocycles. The van der Waals surface area contributed by atoms with Crippen LogP contribution in [0.2, 0.25) is 0 Å². The molecule has 0 spiro atoms. The van der Waals surface area contributed by atoms with Gasteiger partial charge in [0.1, 0.15) is 17.3 Å². The maximum absolute atomic E-state index is 12.1. The quantitative estimate of drug-likeness (QED) is 0.267. The lowest BCUT2D eigenvalue weighted by Gasteiger charge is -2.04. The van der Waals surface area contributed by atoms with Gasteiger partial charge in [0, 0.05) is 17.3 Å². The summed E-state index contributed by atoms with van der Waals surface area (Å²) in [7, 11) is 0. The molecule has 1 heterocycles. The van der Waals surface area contributed by atoms with E-state index in [2.05, 4.69) is 12.1 Å². The van der Waals surface area contributed by atoms with Crippen molar-refractivity contribution in [3.05, 3.63) is 90.1 Å². The third-order valence-electron chi connectivity index (χ3n) is 4.70. The topological polar surface area (TPSA) is 67.9 Å². The molecule has 4 aromatic rings. The molecule has 5 nitrogen and oxygen atoms in total. The van der Waals surface area contributed by atoms with Gasteiger partial charge in [-0.05, 0) is 42.0 Å². The third-order valence-corrected chi connectivity index (χ3v) is 4.70. The molecule has 0 unspecified atom stereocenters. The van der Waals surface area contributed by atoms with Crippen molar-refractivity contribution in [2.24, 2.45) is 0 Å². The summed E-state index contributed by atoms with van der Waals surface area (Å²) in [5.41, 5.74) is 3.07. The molecule has 3 aromatic carbocycles. The first kappa shape index (κ1) is 19.2. The SMILES string of the molecule is CCOC(=O)/C(C#N)=C/c1cn(-c2ccccc2)nc1-c1ccc2ccccc2c1. The van der Waals surface area contributed by atoms with Crippen LogP contribution in [0.1, 0.15) is 12.5 Å². The lowest BCUT2D eigenvalue weighted by atomic mass is 10.0. The molecule has 0 saturated carbocycles. The predicted octanol–water partition coefficient (Wildman–Crippen LogP) is 5.16. The number of hydrogen-bond donors (Lipinski definition) is 0. The van der Waals surface area contributed by atoms with Crippen molar-refractivity contribution in [2.45, 2.75) is 6.92 Å². The van der Waals surface area contributed by atoms with E-state index in [0.29, 0.717) is 11.3 Å². The van der Waals surface area contributed by atoms with Crippen molar-refractivity contribution in [1.29, 1.82) is 5.26 Å². The highest BCUT2D eigenvalue weighted by Crippen LogP contribution is 2.28. The number of ether oxygens (including phenoxy) is 1. The molecular formula is C25H19N3O2. The van der Waals surface area contributed by atoms with Crippen molar-refractivity contribution in [3.8, 4) is 23.0 Å². The molecule has 0 aliphatic rings. The van der Waals surface area contributed by atoms with Crippen molar-refractivity contribution in [1.82, 2.24) is 9.78 Å². The number of hydrogen-bond acceptors (Lipinski definition) is 4. The van der Waals surface area contributed by atoms with Crippen molar-refractivity contribution >= 4 is 22.8 Å². The zero-order chi connectivity index (χ0) is 20.9. The highest BCUT2D eigenvalue weighted by atomic mass is 16.5. The number of esters is 1. The second-order valence-electron chi connectivity index (χ2n) is 6.67. The minimum Gasteiger partial charge on any atom is -0.462 e. The summed E-state index contributed by atoms with van der Waals surface area (Å²) in [5, 5.41) is 16.4. The summed E-state index contributed by atoms with van der Waals surface area (Å²) < 4.78 is 6.75. The number of para-hydroxylation sites is 1. The Morgan fingerprint density at radius 2 is 1.80 bits per heavy atom. The number of carbonyl (C=O) groups excluding carboxylic acids is 1. The largest absolute Gasteiger partial charge is 0.462 e. The minimum atomic E-state index is -0.642. The second kappa shape index (κ2) is 8.46. The van der Waals surface area contributed by atoms with Gasteiger partial charge in [0.05, 0.1) is 12.3 Å². The van der Waals surface area contributed by atoms with Crippen LogP contribution in [0, 0.1) is 11.3 Å². The highest BCUT2D eigenvalue weighted by molar-refractivity contribution is 5.99. The Labute approximate surface area is 174 Å². The first-order valence-corrected chi connectivity index (χ1v) is 9.63. The molecule has 0 fully saturated rings. The van der Waals surface area contributed by atoms with E-state index in [1.54, 1.807) is 11.6 Å². The lowest BCUT2D eigenvalue weighted by Crippen LogP contribution is -2.06. The van der Waals surface area contributed by atoms with Gasteiger partial charge in [0.25, 0.3) is 0 Å². The van der Waals surface area contributed by atoms with Gasteiger partial charge in [-0.3, -0.25) is 0 Å². The first-order valence-electron chi connectivity index (χ1n) is 9.63. The van der Waals surface area contributed by atoms with Gasteiger partial charge in [-0.2, -0.15) is 10.4 Å². The summed E-state index contributed by atoms with van der Waals surface area (Å²) in [4.78, 5) is 12.1. The van der Waals surface area contributed by atoms with Gasteiger partial charge in [-0.15, -0.1) is 0 Å². The van der Waals surface area contributed by atoms with E-state index in [1.165, 1.54) is 6.08 Å². The smallest absolute Gasteiger partial charge is 0.348 e. The Bertz CT molecular complexity index is 1280. The van der Waals surface area contributed by atoms with E-state index >= 15 is 0 Å². The summed E-state index contributed by atoms with van der Waals surface area (Å²) >= 11 is 0. The van der Waals surface area contributed by atoms with Gasteiger partial charge in [-0.25, -0.2) is 9.48 Å². The third kappa shape index (κ3) is 3.85. The minimum absolute atomic E-state index is 0.0634. The summed E-state index contributed by atoms with van der Waals surface area (Å²) in [6, 6.07) is 25.8.